The Morgan fingerprint density at radius 2 is 1.91 bits per heavy atom. The molecule has 0 aromatic rings. The molecule has 7 aliphatic rings. The van der Waals surface area contributed by atoms with Crippen molar-refractivity contribution in [3.63, 3.8) is 0 Å². The summed E-state index contributed by atoms with van der Waals surface area (Å²) in [4.78, 5) is 39.8. The van der Waals surface area contributed by atoms with Gasteiger partial charge in [0.25, 0.3) is 0 Å². The minimum absolute atomic E-state index is 0.111. The van der Waals surface area contributed by atoms with Gasteiger partial charge in [0.15, 0.2) is 0 Å². The van der Waals surface area contributed by atoms with Gasteiger partial charge in [0.1, 0.15) is 23.3 Å². The molecule has 7 fully saturated rings. The van der Waals surface area contributed by atoms with E-state index in [0.717, 1.165) is 24.7 Å². The van der Waals surface area contributed by atoms with Crippen molar-refractivity contribution < 1.29 is 28.6 Å². The number of esters is 3. The zero-order valence-electron chi connectivity index (χ0n) is 21.0. The fourth-order valence-corrected chi connectivity index (χ4v) is 10.3. The second-order valence-electron chi connectivity index (χ2n) is 13.3. The first-order valence-electron chi connectivity index (χ1n) is 13.6. The zero-order chi connectivity index (χ0) is 24.7. The monoisotopic (exact) mass is 483 g/mol. The van der Waals surface area contributed by atoms with Crippen molar-refractivity contribution in [2.75, 3.05) is 0 Å². The number of ether oxygens (including phenoxy) is 3. The van der Waals surface area contributed by atoms with Crippen molar-refractivity contribution in [2.24, 2.45) is 58.5 Å². The summed E-state index contributed by atoms with van der Waals surface area (Å²) < 4.78 is 18.2. The van der Waals surface area contributed by atoms with Crippen LogP contribution in [0.5, 0.6) is 0 Å². The lowest BCUT2D eigenvalue weighted by molar-refractivity contribution is -0.195. The normalized spacial score (nSPS) is 53.1. The molecule has 5 bridgehead atoms. The van der Waals surface area contributed by atoms with Gasteiger partial charge in [0, 0.05) is 17.8 Å². The maximum Gasteiger partial charge on any atom is 0.330 e. The largest absolute Gasteiger partial charge is 0.458 e. The molecular weight excluding hydrogens is 446 g/mol. The van der Waals surface area contributed by atoms with Gasteiger partial charge in [-0.05, 0) is 87.5 Å². The van der Waals surface area contributed by atoms with E-state index in [1.165, 1.54) is 25.7 Å². The van der Waals surface area contributed by atoms with Crippen LogP contribution in [-0.4, -0.2) is 41.3 Å². The van der Waals surface area contributed by atoms with Crippen molar-refractivity contribution in [1.29, 1.82) is 0 Å². The van der Waals surface area contributed by atoms with Gasteiger partial charge in [0.2, 0.25) is 0 Å². The van der Waals surface area contributed by atoms with E-state index in [-0.39, 0.29) is 23.8 Å². The van der Waals surface area contributed by atoms with Crippen LogP contribution in [-0.2, 0) is 28.6 Å². The molecule has 13 atom stereocenters. The van der Waals surface area contributed by atoms with E-state index in [4.69, 9.17) is 19.9 Å². The predicted octanol–water partition coefficient (Wildman–Crippen LogP) is 3.15. The number of carbonyl (C=O) groups excluding carboxylic acids is 3. The number of rotatable bonds is 6. The van der Waals surface area contributed by atoms with Gasteiger partial charge in [-0.2, -0.15) is 0 Å². The maximum atomic E-state index is 14.0. The van der Waals surface area contributed by atoms with Crippen LogP contribution in [0.25, 0.3) is 0 Å². The Morgan fingerprint density at radius 1 is 1.17 bits per heavy atom. The van der Waals surface area contributed by atoms with E-state index in [2.05, 4.69) is 13.5 Å². The van der Waals surface area contributed by atoms with Gasteiger partial charge in [-0.25, -0.2) is 4.79 Å². The Morgan fingerprint density at radius 3 is 2.63 bits per heavy atom. The van der Waals surface area contributed by atoms with Crippen LogP contribution in [0.15, 0.2) is 12.2 Å². The Hall–Kier alpha value is -1.89. The Balaban J connectivity index is 1.16. The van der Waals surface area contributed by atoms with Crippen molar-refractivity contribution >= 4 is 17.9 Å². The van der Waals surface area contributed by atoms with E-state index in [0.29, 0.717) is 29.2 Å². The van der Waals surface area contributed by atoms with Gasteiger partial charge in [-0.1, -0.05) is 13.5 Å². The molecule has 13 unspecified atom stereocenters. The second-order valence-corrected chi connectivity index (χ2v) is 13.3. The van der Waals surface area contributed by atoms with E-state index >= 15 is 0 Å². The first kappa shape index (κ1) is 22.3. The lowest BCUT2D eigenvalue weighted by Crippen LogP contribution is -2.55. The number of hydrogen-bond donors (Lipinski definition) is 1. The van der Waals surface area contributed by atoms with Gasteiger partial charge in [0.05, 0.1) is 11.8 Å². The highest BCUT2D eigenvalue weighted by atomic mass is 16.6. The summed E-state index contributed by atoms with van der Waals surface area (Å²) in [6, 6.07) is 0. The Labute approximate surface area is 206 Å². The summed E-state index contributed by atoms with van der Waals surface area (Å²) in [6.07, 6.45) is 6.49. The SMILES string of the molecule is C=C(C)C(C)(N)C(=O)OC1C2CC3C1OC(=O)C3C2C(=O)OC1(CC)C2CC3CC4CC1C4(C3)C2. The third-order valence-corrected chi connectivity index (χ3v) is 12.1. The van der Waals surface area contributed by atoms with Gasteiger partial charge < -0.3 is 19.9 Å². The predicted molar refractivity (Wildman–Crippen MR) is 124 cm³/mol. The third kappa shape index (κ3) is 2.49. The summed E-state index contributed by atoms with van der Waals surface area (Å²) in [6.45, 7) is 9.24. The minimum Gasteiger partial charge on any atom is -0.458 e. The molecule has 190 valence electrons. The molecule has 1 spiro atoms. The molecular formula is C28H37NO6. The van der Waals surface area contributed by atoms with Crippen LogP contribution in [0.2, 0.25) is 0 Å². The van der Waals surface area contributed by atoms with E-state index in [1.807, 2.05) is 0 Å². The molecule has 6 aliphatic carbocycles. The molecule has 35 heavy (non-hydrogen) atoms. The van der Waals surface area contributed by atoms with Crippen LogP contribution in [0.3, 0.4) is 0 Å². The van der Waals surface area contributed by atoms with Crippen molar-refractivity contribution in [3.05, 3.63) is 12.2 Å². The van der Waals surface area contributed by atoms with Gasteiger partial charge >= 0.3 is 17.9 Å². The molecule has 2 N–H and O–H groups in total. The molecule has 0 aromatic carbocycles. The highest BCUT2D eigenvalue weighted by Crippen LogP contribution is 2.79. The third-order valence-electron chi connectivity index (χ3n) is 12.1. The molecule has 6 saturated carbocycles. The van der Waals surface area contributed by atoms with E-state index in [9.17, 15) is 14.4 Å². The van der Waals surface area contributed by atoms with Crippen LogP contribution in [0, 0.1) is 52.8 Å². The number of hydrogen-bond acceptors (Lipinski definition) is 7. The first-order chi connectivity index (χ1) is 16.5. The lowest BCUT2D eigenvalue weighted by atomic mass is 9.53. The quantitative estimate of drug-likeness (QED) is 0.351. The van der Waals surface area contributed by atoms with Crippen LogP contribution >= 0.6 is 0 Å². The zero-order valence-corrected chi connectivity index (χ0v) is 21.0. The minimum atomic E-state index is -1.34. The molecule has 1 aliphatic heterocycles. The van der Waals surface area contributed by atoms with Crippen molar-refractivity contribution in [1.82, 2.24) is 0 Å². The van der Waals surface area contributed by atoms with Crippen LogP contribution in [0.1, 0.15) is 65.7 Å². The number of nitrogens with two attached hydrogens (primary N) is 1. The molecule has 1 saturated heterocycles. The summed E-state index contributed by atoms with van der Waals surface area (Å²) >= 11 is 0. The number of carbonyl (C=O) groups is 3. The van der Waals surface area contributed by atoms with Gasteiger partial charge in [-0.15, -0.1) is 0 Å². The number of fused-ring (bicyclic) bond motifs is 3. The first-order valence-corrected chi connectivity index (χ1v) is 13.6. The second kappa shape index (κ2) is 6.70. The average Bonchev–Trinajstić information content (AvgIpc) is 3.49. The summed E-state index contributed by atoms with van der Waals surface area (Å²) in [5.41, 5.74) is 5.30. The summed E-state index contributed by atoms with van der Waals surface area (Å²) in [5.74, 6) is -0.249. The van der Waals surface area contributed by atoms with Crippen LogP contribution in [0.4, 0.5) is 0 Å². The van der Waals surface area contributed by atoms with Gasteiger partial charge in [-0.3, -0.25) is 9.59 Å². The molecule has 7 heteroatoms. The summed E-state index contributed by atoms with van der Waals surface area (Å²) in [5, 5.41) is 0. The standard InChI is InChI=1S/C28H37NO6/c1-5-28(15-7-13-6-14-8-18(28)27(14,10-13)11-15)35-24(31)20-17-9-16-19(20)23(30)33-21(16)22(17)34-25(32)26(4,29)12(2)3/h13-22H,2,5-11,29H2,1,3-4H3. The molecule has 0 aromatic heterocycles. The highest BCUT2D eigenvalue weighted by Gasteiger charge is 2.77. The molecule has 0 amide bonds. The Bertz CT molecular complexity index is 1050. The molecule has 7 nitrogen and oxygen atoms in total. The summed E-state index contributed by atoms with van der Waals surface area (Å²) in [7, 11) is 0. The lowest BCUT2D eigenvalue weighted by Gasteiger charge is -2.54. The molecule has 7 rings (SSSR count). The Kier molecular flexibility index (Phi) is 4.27. The topological polar surface area (TPSA) is 105 Å². The fourth-order valence-electron chi connectivity index (χ4n) is 10.3. The molecule has 1 heterocycles. The maximum absolute atomic E-state index is 14.0. The van der Waals surface area contributed by atoms with Crippen LogP contribution < -0.4 is 5.73 Å². The average molecular weight is 484 g/mol. The van der Waals surface area contributed by atoms with E-state index < -0.39 is 41.2 Å². The van der Waals surface area contributed by atoms with Crippen molar-refractivity contribution in [3.8, 4) is 0 Å². The smallest absolute Gasteiger partial charge is 0.330 e. The highest BCUT2D eigenvalue weighted by molar-refractivity contribution is 5.87. The molecule has 0 radical (unpaired) electrons. The van der Waals surface area contributed by atoms with E-state index in [1.54, 1.807) is 13.8 Å². The fraction of sp³-hybridized carbons (Fsp3) is 0.821. The van der Waals surface area contributed by atoms with Crippen molar-refractivity contribution in [2.45, 2.75) is 89.1 Å².